The highest BCUT2D eigenvalue weighted by molar-refractivity contribution is 5.94. The summed E-state index contributed by atoms with van der Waals surface area (Å²) in [6, 6.07) is 7.90. The highest BCUT2D eigenvalue weighted by atomic mass is 16.2. The first-order chi connectivity index (χ1) is 14.6. The number of piperazine rings is 1. The molecule has 1 amide bonds. The minimum Gasteiger partial charge on any atom is -0.354 e. The van der Waals surface area contributed by atoms with Crippen molar-refractivity contribution in [1.82, 2.24) is 24.7 Å². The number of likely N-dealkylation sites (N-methyl/N-ethyl adjacent to an activating group) is 1. The Kier molecular flexibility index (Phi) is 6.59. The van der Waals surface area contributed by atoms with E-state index >= 15 is 0 Å². The topological polar surface area (TPSA) is 55.8 Å². The van der Waals surface area contributed by atoms with Crippen LogP contribution in [0.15, 0.2) is 36.7 Å². The zero-order valence-electron chi connectivity index (χ0n) is 18.1. The third-order valence-electron chi connectivity index (χ3n) is 6.19. The summed E-state index contributed by atoms with van der Waals surface area (Å²) in [5.41, 5.74) is 3.10. The van der Waals surface area contributed by atoms with E-state index in [1.165, 1.54) is 5.56 Å². The third kappa shape index (κ3) is 4.96. The van der Waals surface area contributed by atoms with Gasteiger partial charge in [-0.3, -0.25) is 14.7 Å². The van der Waals surface area contributed by atoms with Gasteiger partial charge in [0.15, 0.2) is 0 Å². The zero-order chi connectivity index (χ0) is 20.9. The fourth-order valence-corrected chi connectivity index (χ4v) is 4.17. The molecule has 0 saturated carbocycles. The third-order valence-corrected chi connectivity index (χ3v) is 6.19. The molecular weight excluding hydrogens is 376 g/mol. The number of rotatable bonds is 4. The summed E-state index contributed by atoms with van der Waals surface area (Å²) in [7, 11) is 2.14. The number of carbonyl (C=O) groups excluding carboxylic acids is 1. The summed E-state index contributed by atoms with van der Waals surface area (Å²) in [6.07, 6.45) is 4.61. The van der Waals surface area contributed by atoms with E-state index < -0.39 is 0 Å². The maximum Gasteiger partial charge on any atom is 0.254 e. The predicted octanol–water partition coefficient (Wildman–Crippen LogP) is 1.88. The minimum atomic E-state index is 0.114. The van der Waals surface area contributed by atoms with Crippen LogP contribution in [-0.4, -0.2) is 90.0 Å². The van der Waals surface area contributed by atoms with Gasteiger partial charge < -0.3 is 14.7 Å². The first-order valence-electron chi connectivity index (χ1n) is 10.9. The highest BCUT2D eigenvalue weighted by Crippen LogP contribution is 2.17. The molecule has 4 rings (SSSR count). The Morgan fingerprint density at radius 2 is 1.80 bits per heavy atom. The summed E-state index contributed by atoms with van der Waals surface area (Å²) < 4.78 is 0. The maximum atomic E-state index is 13.2. The van der Waals surface area contributed by atoms with Crippen molar-refractivity contribution in [3.05, 3.63) is 53.5 Å². The van der Waals surface area contributed by atoms with E-state index in [1.807, 2.05) is 29.3 Å². The van der Waals surface area contributed by atoms with Crippen LogP contribution in [0.25, 0.3) is 0 Å². The van der Waals surface area contributed by atoms with Gasteiger partial charge in [0.05, 0.1) is 5.69 Å². The van der Waals surface area contributed by atoms with E-state index in [0.717, 1.165) is 82.4 Å². The lowest BCUT2D eigenvalue weighted by atomic mass is 10.2. The summed E-state index contributed by atoms with van der Waals surface area (Å²) in [5, 5.41) is 0. The van der Waals surface area contributed by atoms with Crippen molar-refractivity contribution < 1.29 is 4.79 Å². The molecule has 4 heterocycles. The lowest BCUT2D eigenvalue weighted by Gasteiger charge is -2.33. The van der Waals surface area contributed by atoms with E-state index in [9.17, 15) is 4.79 Å². The maximum absolute atomic E-state index is 13.2. The van der Waals surface area contributed by atoms with Gasteiger partial charge in [0.25, 0.3) is 5.91 Å². The van der Waals surface area contributed by atoms with Gasteiger partial charge in [-0.25, -0.2) is 4.98 Å². The number of hydrogen-bond acceptors (Lipinski definition) is 6. The molecule has 7 nitrogen and oxygen atoms in total. The molecule has 2 aliphatic rings. The molecule has 0 radical (unpaired) electrons. The minimum absolute atomic E-state index is 0.114. The van der Waals surface area contributed by atoms with Gasteiger partial charge in [0, 0.05) is 76.9 Å². The molecule has 2 aromatic rings. The molecular formula is C23H32N6O. The molecule has 2 aromatic heterocycles. The van der Waals surface area contributed by atoms with Crippen LogP contribution in [0.1, 0.15) is 28.0 Å². The van der Waals surface area contributed by atoms with Crippen LogP contribution in [0.3, 0.4) is 0 Å². The van der Waals surface area contributed by atoms with Gasteiger partial charge >= 0.3 is 0 Å². The largest absolute Gasteiger partial charge is 0.354 e. The summed E-state index contributed by atoms with van der Waals surface area (Å²) in [6.45, 7) is 10.3. The molecule has 2 saturated heterocycles. The Balaban J connectivity index is 1.38. The van der Waals surface area contributed by atoms with Gasteiger partial charge in [0.2, 0.25) is 0 Å². The second-order valence-corrected chi connectivity index (χ2v) is 8.38. The molecule has 0 aliphatic carbocycles. The average molecular weight is 409 g/mol. The molecule has 2 aliphatic heterocycles. The van der Waals surface area contributed by atoms with Gasteiger partial charge in [-0.2, -0.15) is 0 Å². The lowest BCUT2D eigenvalue weighted by molar-refractivity contribution is 0.0761. The molecule has 0 spiro atoms. The fourth-order valence-electron chi connectivity index (χ4n) is 4.17. The molecule has 0 aromatic carbocycles. The smallest absolute Gasteiger partial charge is 0.254 e. The average Bonchev–Trinajstić information content (AvgIpc) is 3.01. The van der Waals surface area contributed by atoms with E-state index in [-0.39, 0.29) is 5.91 Å². The molecule has 0 N–H and O–H groups in total. The zero-order valence-corrected chi connectivity index (χ0v) is 18.1. The lowest BCUT2D eigenvalue weighted by Crippen LogP contribution is -2.45. The van der Waals surface area contributed by atoms with Crippen molar-refractivity contribution in [3.8, 4) is 0 Å². The standard InChI is InChI=1S/C23H32N6O/c1-19-5-3-7-24-21(19)18-27-9-4-10-29(16-13-27)23(30)20-6-8-25-22(17-20)28-14-11-26(2)12-15-28/h3,5-8,17H,4,9-16,18H2,1-2H3. The predicted molar refractivity (Wildman–Crippen MR) is 119 cm³/mol. The van der Waals surface area contributed by atoms with Gasteiger partial charge in [-0.15, -0.1) is 0 Å². The number of hydrogen-bond donors (Lipinski definition) is 0. The van der Waals surface area contributed by atoms with E-state index in [1.54, 1.807) is 6.20 Å². The molecule has 160 valence electrons. The van der Waals surface area contributed by atoms with Crippen LogP contribution < -0.4 is 4.90 Å². The molecule has 0 atom stereocenters. The molecule has 2 fully saturated rings. The Morgan fingerprint density at radius 1 is 0.967 bits per heavy atom. The molecule has 30 heavy (non-hydrogen) atoms. The van der Waals surface area contributed by atoms with Crippen LogP contribution in [0.5, 0.6) is 0 Å². The van der Waals surface area contributed by atoms with Crippen molar-refractivity contribution in [2.75, 3.05) is 64.3 Å². The SMILES string of the molecule is Cc1cccnc1CN1CCCN(C(=O)c2ccnc(N3CCN(C)CC3)c2)CC1. The second-order valence-electron chi connectivity index (χ2n) is 8.38. The number of aromatic nitrogens is 2. The molecule has 0 unspecified atom stereocenters. The Bertz CT molecular complexity index is 864. The summed E-state index contributed by atoms with van der Waals surface area (Å²) >= 11 is 0. The van der Waals surface area contributed by atoms with Crippen LogP contribution in [-0.2, 0) is 6.54 Å². The van der Waals surface area contributed by atoms with E-state index in [2.05, 4.69) is 44.7 Å². The second kappa shape index (κ2) is 9.53. The van der Waals surface area contributed by atoms with Crippen LogP contribution in [0.4, 0.5) is 5.82 Å². The van der Waals surface area contributed by atoms with Crippen LogP contribution in [0, 0.1) is 6.92 Å². The van der Waals surface area contributed by atoms with Crippen molar-refractivity contribution in [2.45, 2.75) is 19.9 Å². The number of nitrogens with zero attached hydrogens (tertiary/aromatic N) is 6. The molecule has 0 bridgehead atoms. The van der Waals surface area contributed by atoms with Gasteiger partial charge in [0.1, 0.15) is 5.82 Å². The normalized spacial score (nSPS) is 19.0. The van der Waals surface area contributed by atoms with Crippen molar-refractivity contribution in [3.63, 3.8) is 0 Å². The number of carbonyl (C=O) groups is 1. The number of amides is 1. The first kappa shape index (κ1) is 20.8. The van der Waals surface area contributed by atoms with Crippen molar-refractivity contribution in [2.24, 2.45) is 0 Å². The van der Waals surface area contributed by atoms with Crippen LogP contribution in [0.2, 0.25) is 0 Å². The van der Waals surface area contributed by atoms with Crippen molar-refractivity contribution >= 4 is 11.7 Å². The van der Waals surface area contributed by atoms with Crippen molar-refractivity contribution in [1.29, 1.82) is 0 Å². The summed E-state index contributed by atoms with van der Waals surface area (Å²) in [4.78, 5) is 31.2. The Labute approximate surface area is 179 Å². The van der Waals surface area contributed by atoms with Gasteiger partial charge in [-0.1, -0.05) is 6.07 Å². The summed E-state index contributed by atoms with van der Waals surface area (Å²) in [5.74, 6) is 1.03. The Morgan fingerprint density at radius 3 is 2.60 bits per heavy atom. The fraction of sp³-hybridized carbons (Fsp3) is 0.522. The van der Waals surface area contributed by atoms with Crippen LogP contribution >= 0.6 is 0 Å². The van der Waals surface area contributed by atoms with E-state index in [0.29, 0.717) is 0 Å². The first-order valence-corrected chi connectivity index (χ1v) is 10.9. The quantitative estimate of drug-likeness (QED) is 0.770. The van der Waals surface area contributed by atoms with E-state index in [4.69, 9.17) is 0 Å². The highest BCUT2D eigenvalue weighted by Gasteiger charge is 2.22. The van der Waals surface area contributed by atoms with Gasteiger partial charge in [-0.05, 0) is 44.2 Å². The monoisotopic (exact) mass is 408 g/mol. The Hall–Kier alpha value is -2.51. The molecule has 7 heteroatoms. The number of pyridine rings is 2. The number of anilines is 1. The number of aryl methyl sites for hydroxylation is 1.